The number of nitrogens with one attached hydrogen (secondary N) is 1. The molecule has 11 nitrogen and oxygen atoms in total. The van der Waals surface area contributed by atoms with Crippen molar-refractivity contribution in [2.24, 2.45) is 20.5 Å². The first-order valence-electron chi connectivity index (χ1n) is 13.3. The molecular formula is C32H21N5Na2O6S2. The second kappa shape index (κ2) is 15.3. The zero-order valence-electron chi connectivity index (χ0n) is 25.1. The van der Waals surface area contributed by atoms with Crippen LogP contribution in [0.15, 0.2) is 152 Å². The number of fused-ring (bicyclic) bond motifs is 2. The van der Waals surface area contributed by atoms with Gasteiger partial charge in [0, 0.05) is 32.9 Å². The van der Waals surface area contributed by atoms with Crippen LogP contribution in [0.2, 0.25) is 0 Å². The van der Waals surface area contributed by atoms with Gasteiger partial charge in [-0.15, -0.1) is 15.3 Å². The molecule has 0 aliphatic carbocycles. The van der Waals surface area contributed by atoms with Crippen LogP contribution in [0.5, 0.6) is 0 Å². The summed E-state index contributed by atoms with van der Waals surface area (Å²) in [6.45, 7) is 0. The first-order chi connectivity index (χ1) is 21.6. The number of hydrogen-bond donors (Lipinski definition) is 1. The third-order valence-corrected chi connectivity index (χ3v) is 8.54. The van der Waals surface area contributed by atoms with Gasteiger partial charge in [-0.05, 0) is 66.7 Å². The minimum absolute atomic E-state index is 0. The van der Waals surface area contributed by atoms with Crippen molar-refractivity contribution in [3.8, 4) is 0 Å². The number of hydrogen-bond acceptors (Lipinski definition) is 11. The van der Waals surface area contributed by atoms with Crippen LogP contribution in [0, 0.1) is 0 Å². The Hall–Kier alpha value is -3.34. The van der Waals surface area contributed by atoms with E-state index >= 15 is 0 Å². The Labute approximate surface area is 314 Å². The number of benzene rings is 6. The quantitative estimate of drug-likeness (QED) is 0.146. The largest absolute Gasteiger partial charge is 1.00 e. The number of para-hydroxylation sites is 1. The van der Waals surface area contributed by atoms with Gasteiger partial charge in [0.25, 0.3) is 0 Å². The van der Waals surface area contributed by atoms with E-state index in [1.165, 1.54) is 30.3 Å². The van der Waals surface area contributed by atoms with Crippen molar-refractivity contribution in [3.63, 3.8) is 0 Å². The van der Waals surface area contributed by atoms with Gasteiger partial charge in [-0.1, -0.05) is 54.6 Å². The summed E-state index contributed by atoms with van der Waals surface area (Å²) in [5, 5.41) is 21.6. The van der Waals surface area contributed by atoms with Gasteiger partial charge in [0.15, 0.2) is 0 Å². The fourth-order valence-electron chi connectivity index (χ4n) is 4.77. The van der Waals surface area contributed by atoms with Gasteiger partial charge in [0.2, 0.25) is 0 Å². The second-order valence-corrected chi connectivity index (χ2v) is 12.5. The average molecular weight is 682 g/mol. The predicted octanol–water partition coefficient (Wildman–Crippen LogP) is 2.38. The number of anilines is 2. The maximum Gasteiger partial charge on any atom is 1.00 e. The normalized spacial score (nSPS) is 11.9. The second-order valence-electron chi connectivity index (χ2n) is 9.76. The van der Waals surface area contributed by atoms with E-state index in [4.69, 9.17) is 0 Å². The van der Waals surface area contributed by atoms with Gasteiger partial charge in [0.05, 0.1) is 32.5 Å². The Morgan fingerprint density at radius 2 is 1.09 bits per heavy atom. The van der Waals surface area contributed by atoms with E-state index in [2.05, 4.69) is 25.8 Å². The molecule has 0 unspecified atom stereocenters. The molecule has 0 heterocycles. The van der Waals surface area contributed by atoms with Gasteiger partial charge in [-0.25, -0.2) is 16.8 Å². The molecule has 47 heavy (non-hydrogen) atoms. The summed E-state index contributed by atoms with van der Waals surface area (Å²) in [5.41, 5.74) is 2.49. The topological polar surface area (TPSA) is 176 Å². The van der Waals surface area contributed by atoms with Crippen molar-refractivity contribution in [1.29, 1.82) is 0 Å². The van der Waals surface area contributed by atoms with E-state index in [0.717, 1.165) is 0 Å². The molecule has 0 fully saturated rings. The molecule has 0 aromatic heterocycles. The number of nitrogens with zero attached hydrogens (tertiary/aromatic N) is 4. The fraction of sp³-hybridized carbons (Fsp3) is 0. The zero-order chi connectivity index (χ0) is 31.6. The maximum absolute atomic E-state index is 12.2. The molecule has 0 aliphatic rings. The fourth-order valence-corrected chi connectivity index (χ4v) is 5.99. The molecule has 0 bridgehead atoms. The van der Waals surface area contributed by atoms with E-state index in [9.17, 15) is 25.9 Å². The van der Waals surface area contributed by atoms with Crippen LogP contribution in [-0.2, 0) is 20.2 Å². The summed E-state index contributed by atoms with van der Waals surface area (Å²) < 4.78 is 72.3. The van der Waals surface area contributed by atoms with E-state index in [1.807, 2.05) is 24.3 Å². The Bertz CT molecular complexity index is 2360. The molecule has 0 atom stereocenters. The molecule has 0 spiro atoms. The Morgan fingerprint density at radius 1 is 0.511 bits per heavy atom. The van der Waals surface area contributed by atoms with Crippen molar-refractivity contribution in [2.75, 3.05) is 5.32 Å². The monoisotopic (exact) mass is 681 g/mol. The molecule has 1 N–H and O–H groups in total. The van der Waals surface area contributed by atoms with Crippen molar-refractivity contribution in [2.45, 2.75) is 9.79 Å². The molecular weight excluding hydrogens is 660 g/mol. The minimum Gasteiger partial charge on any atom is -0.744 e. The smallest absolute Gasteiger partial charge is 0.744 e. The van der Waals surface area contributed by atoms with Gasteiger partial charge in [-0.3, -0.25) is 0 Å². The molecule has 6 aromatic rings. The van der Waals surface area contributed by atoms with Crippen molar-refractivity contribution < 1.29 is 85.1 Å². The summed E-state index contributed by atoms with van der Waals surface area (Å²) in [6.07, 6.45) is 0. The van der Waals surface area contributed by atoms with Crippen LogP contribution in [0.4, 0.5) is 34.1 Å². The van der Waals surface area contributed by atoms with Crippen molar-refractivity contribution in [1.82, 2.24) is 0 Å². The van der Waals surface area contributed by atoms with Gasteiger partial charge >= 0.3 is 59.1 Å². The first kappa shape index (κ1) is 36.5. The van der Waals surface area contributed by atoms with Crippen LogP contribution in [-0.4, -0.2) is 25.9 Å². The van der Waals surface area contributed by atoms with E-state index in [1.54, 1.807) is 66.7 Å². The first-order valence-corrected chi connectivity index (χ1v) is 16.1. The summed E-state index contributed by atoms with van der Waals surface area (Å²) >= 11 is 0. The van der Waals surface area contributed by atoms with Gasteiger partial charge < -0.3 is 14.4 Å². The third-order valence-electron chi connectivity index (χ3n) is 6.83. The number of rotatable bonds is 8. The molecule has 6 aromatic carbocycles. The van der Waals surface area contributed by atoms with Crippen LogP contribution >= 0.6 is 0 Å². The summed E-state index contributed by atoms with van der Waals surface area (Å²) in [4.78, 5) is -0.893. The van der Waals surface area contributed by atoms with Crippen LogP contribution < -0.4 is 64.4 Å². The van der Waals surface area contributed by atoms with Gasteiger partial charge in [-0.2, -0.15) is 5.11 Å². The molecule has 15 heteroatoms. The summed E-state index contributed by atoms with van der Waals surface area (Å²) in [7, 11) is -9.67. The Morgan fingerprint density at radius 3 is 1.72 bits per heavy atom. The Balaban J connectivity index is 0.00000250. The summed E-state index contributed by atoms with van der Waals surface area (Å²) in [6, 6.07) is 32.5. The number of azo groups is 2. The van der Waals surface area contributed by atoms with E-state index in [0.29, 0.717) is 33.5 Å². The van der Waals surface area contributed by atoms with Crippen LogP contribution in [0.3, 0.4) is 0 Å². The third kappa shape index (κ3) is 8.39. The standard InChI is InChI=1S/C32H23N5O6S2.2Na/c38-44(39,40)23-14-15-24-26(20-23)29(17-16-27(24)35-34-22-10-5-2-6-11-22)37-36-28-18-19-30(33-21-8-3-1-4-9-21)32-25(28)12-7-13-31(32)45(41,42)43;;/h1-20,33H,(H,38,39,40)(H,41,42,43);;/q;2*+1/p-2. The molecule has 224 valence electrons. The van der Waals surface area contributed by atoms with E-state index in [-0.39, 0.29) is 81.3 Å². The van der Waals surface area contributed by atoms with Gasteiger partial charge in [0.1, 0.15) is 20.2 Å². The molecule has 0 radical (unpaired) electrons. The Kier molecular flexibility index (Phi) is 11.8. The van der Waals surface area contributed by atoms with Crippen LogP contribution in [0.25, 0.3) is 21.5 Å². The molecule has 0 saturated carbocycles. The average Bonchev–Trinajstić information content (AvgIpc) is 3.03. The molecule has 0 amide bonds. The maximum atomic E-state index is 12.2. The SMILES string of the molecule is O=S(=O)([O-])c1ccc2c(N=Nc3ccccc3)ccc(N=Nc3ccc(Nc4ccccc4)c4c(S(=O)(=O)[O-])cccc34)c2c1.[Na+].[Na+]. The van der Waals surface area contributed by atoms with Crippen molar-refractivity contribution >= 4 is 75.9 Å². The van der Waals surface area contributed by atoms with E-state index < -0.39 is 30.0 Å². The zero-order valence-corrected chi connectivity index (χ0v) is 30.7. The summed E-state index contributed by atoms with van der Waals surface area (Å²) in [5.74, 6) is 0. The molecule has 6 rings (SSSR count). The van der Waals surface area contributed by atoms with Crippen LogP contribution in [0.1, 0.15) is 0 Å². The molecule has 0 aliphatic heterocycles. The predicted molar refractivity (Wildman–Crippen MR) is 168 cm³/mol. The minimum atomic E-state index is -4.87. The molecule has 0 saturated heterocycles. The van der Waals surface area contributed by atoms with Crippen molar-refractivity contribution in [3.05, 3.63) is 121 Å².